The molecule has 0 saturated carbocycles. The van der Waals surface area contributed by atoms with Crippen LogP contribution in [0.2, 0.25) is 5.02 Å². The molecule has 2 N–H and O–H groups in total. The minimum absolute atomic E-state index is 0.0551. The second kappa shape index (κ2) is 5.14. The van der Waals surface area contributed by atoms with Crippen LogP contribution in [0.4, 0.5) is 14.9 Å². The van der Waals surface area contributed by atoms with E-state index >= 15 is 0 Å². The van der Waals surface area contributed by atoms with E-state index in [1.54, 1.807) is 20.8 Å². The van der Waals surface area contributed by atoms with Crippen LogP contribution in [0.3, 0.4) is 0 Å². The average Bonchev–Trinajstić information content (AvgIpc) is 2.11. The van der Waals surface area contributed by atoms with Crippen molar-refractivity contribution in [2.45, 2.75) is 31.3 Å². The van der Waals surface area contributed by atoms with Gasteiger partial charge >= 0.3 is 5.30 Å². The molecule has 0 aromatic heterocycles. The van der Waals surface area contributed by atoms with Gasteiger partial charge < -0.3 is 10.5 Å². The zero-order valence-electron chi connectivity index (χ0n) is 9.71. The van der Waals surface area contributed by atoms with E-state index in [4.69, 9.17) is 22.1 Å². The van der Waals surface area contributed by atoms with E-state index < -0.39 is 16.7 Å². The predicted molar refractivity (Wildman–Crippen MR) is 67.9 cm³/mol. The van der Waals surface area contributed by atoms with Crippen LogP contribution in [0.1, 0.15) is 20.8 Å². The predicted octanol–water partition coefficient (Wildman–Crippen LogP) is 4.09. The van der Waals surface area contributed by atoms with Gasteiger partial charge in [-0.1, -0.05) is 11.6 Å². The van der Waals surface area contributed by atoms with Gasteiger partial charge in [-0.25, -0.2) is 9.18 Å². The molecule has 0 aliphatic rings. The molecule has 0 aliphatic carbocycles. The van der Waals surface area contributed by atoms with E-state index in [9.17, 15) is 9.18 Å². The Kier molecular flexibility index (Phi) is 4.27. The highest BCUT2D eigenvalue weighted by atomic mass is 35.5. The molecule has 0 heterocycles. The van der Waals surface area contributed by atoms with Crippen LogP contribution >= 0.6 is 23.4 Å². The fraction of sp³-hybridized carbons (Fsp3) is 0.364. The van der Waals surface area contributed by atoms with E-state index in [2.05, 4.69) is 0 Å². The number of thioether (sulfide) groups is 1. The Balaban J connectivity index is 2.82. The third-order valence-electron chi connectivity index (χ3n) is 1.63. The first kappa shape index (κ1) is 14.1. The van der Waals surface area contributed by atoms with Crippen molar-refractivity contribution in [2.75, 3.05) is 5.73 Å². The van der Waals surface area contributed by atoms with Gasteiger partial charge in [0.25, 0.3) is 0 Å². The summed E-state index contributed by atoms with van der Waals surface area (Å²) in [6.07, 6.45) is 0. The molecule has 0 spiro atoms. The number of hydrogen-bond donors (Lipinski definition) is 1. The Morgan fingerprint density at radius 1 is 1.47 bits per heavy atom. The van der Waals surface area contributed by atoms with E-state index in [0.29, 0.717) is 4.90 Å². The monoisotopic (exact) mass is 277 g/mol. The van der Waals surface area contributed by atoms with Crippen LogP contribution < -0.4 is 5.73 Å². The van der Waals surface area contributed by atoms with Crippen molar-refractivity contribution >= 4 is 34.4 Å². The molecule has 0 radical (unpaired) electrons. The molecule has 0 fully saturated rings. The third-order valence-corrected chi connectivity index (χ3v) is 2.87. The zero-order chi connectivity index (χ0) is 13.2. The van der Waals surface area contributed by atoms with E-state index in [0.717, 1.165) is 17.8 Å². The van der Waals surface area contributed by atoms with Crippen molar-refractivity contribution < 1.29 is 13.9 Å². The molecule has 1 rings (SSSR count). The maximum absolute atomic E-state index is 13.0. The molecule has 3 nitrogen and oxygen atoms in total. The van der Waals surface area contributed by atoms with Crippen molar-refractivity contribution in [3.8, 4) is 0 Å². The second-order valence-corrected chi connectivity index (χ2v) is 5.76. The maximum Gasteiger partial charge on any atom is 0.372 e. The smallest absolute Gasteiger partial charge is 0.372 e. The number of carbonyl (C=O) groups excluding carboxylic acids is 1. The second-order valence-electron chi connectivity index (χ2n) is 4.37. The lowest BCUT2D eigenvalue weighted by Gasteiger charge is -2.19. The number of benzene rings is 1. The topological polar surface area (TPSA) is 52.3 Å². The van der Waals surface area contributed by atoms with Gasteiger partial charge in [0.2, 0.25) is 0 Å². The zero-order valence-corrected chi connectivity index (χ0v) is 11.3. The lowest BCUT2D eigenvalue weighted by atomic mass is 10.2. The first-order valence-electron chi connectivity index (χ1n) is 4.84. The molecule has 0 aliphatic heterocycles. The van der Waals surface area contributed by atoms with Gasteiger partial charge in [-0.15, -0.1) is 0 Å². The van der Waals surface area contributed by atoms with Crippen molar-refractivity contribution in [1.29, 1.82) is 0 Å². The van der Waals surface area contributed by atoms with E-state index in [1.165, 1.54) is 6.07 Å². The van der Waals surface area contributed by atoms with Crippen LogP contribution in [0, 0.1) is 5.82 Å². The molecule has 1 aromatic carbocycles. The SMILES string of the molecule is CC(C)(C)OC(=O)Sc1cc(N)c(F)cc1Cl. The summed E-state index contributed by atoms with van der Waals surface area (Å²) in [5.41, 5.74) is 4.76. The third kappa shape index (κ3) is 4.44. The normalized spacial score (nSPS) is 11.4. The first-order chi connectivity index (χ1) is 7.69. The van der Waals surface area contributed by atoms with Gasteiger partial charge in [-0.05, 0) is 44.7 Å². The van der Waals surface area contributed by atoms with Crippen LogP contribution in [0.5, 0.6) is 0 Å². The number of hydrogen-bond acceptors (Lipinski definition) is 4. The van der Waals surface area contributed by atoms with Crippen LogP contribution in [-0.2, 0) is 4.74 Å². The summed E-state index contributed by atoms with van der Waals surface area (Å²) in [5, 5.41) is -0.377. The fourth-order valence-corrected chi connectivity index (χ4v) is 2.06. The summed E-state index contributed by atoms with van der Waals surface area (Å²) >= 11 is 6.57. The first-order valence-corrected chi connectivity index (χ1v) is 6.04. The lowest BCUT2D eigenvalue weighted by molar-refractivity contribution is 0.0738. The maximum atomic E-state index is 13.0. The van der Waals surface area contributed by atoms with Crippen molar-refractivity contribution in [1.82, 2.24) is 0 Å². The number of nitrogen functional groups attached to an aromatic ring is 1. The van der Waals surface area contributed by atoms with Crippen molar-refractivity contribution in [3.05, 3.63) is 23.0 Å². The molecule has 17 heavy (non-hydrogen) atoms. The van der Waals surface area contributed by atoms with Gasteiger partial charge in [-0.2, -0.15) is 0 Å². The van der Waals surface area contributed by atoms with Gasteiger partial charge in [0, 0.05) is 4.90 Å². The molecule has 6 heteroatoms. The van der Waals surface area contributed by atoms with Gasteiger partial charge in [-0.3, -0.25) is 0 Å². The van der Waals surface area contributed by atoms with Gasteiger partial charge in [0.15, 0.2) is 0 Å². The summed E-state index contributed by atoms with van der Waals surface area (Å²) in [6.45, 7) is 5.27. The number of carbonyl (C=O) groups is 1. The molecule has 0 unspecified atom stereocenters. The van der Waals surface area contributed by atoms with Crippen LogP contribution in [0.25, 0.3) is 0 Å². The summed E-state index contributed by atoms with van der Waals surface area (Å²) in [4.78, 5) is 11.9. The molecular formula is C11H13ClFNO2S. The number of halogens is 2. The Bertz CT molecular complexity index is 446. The van der Waals surface area contributed by atoms with Crippen molar-refractivity contribution in [3.63, 3.8) is 0 Å². The minimum atomic E-state index is -0.608. The molecule has 0 saturated heterocycles. The summed E-state index contributed by atoms with van der Waals surface area (Å²) in [7, 11) is 0. The largest absolute Gasteiger partial charge is 0.452 e. The van der Waals surface area contributed by atoms with Crippen molar-refractivity contribution in [2.24, 2.45) is 0 Å². The van der Waals surface area contributed by atoms with E-state index in [1.807, 2.05) is 0 Å². The molecule has 0 amide bonds. The summed E-state index contributed by atoms with van der Waals surface area (Å²) in [5.74, 6) is -0.608. The Morgan fingerprint density at radius 2 is 2.06 bits per heavy atom. The van der Waals surface area contributed by atoms with Crippen LogP contribution in [-0.4, -0.2) is 10.9 Å². The van der Waals surface area contributed by atoms with E-state index in [-0.39, 0.29) is 10.7 Å². The minimum Gasteiger partial charge on any atom is -0.452 e. The van der Waals surface area contributed by atoms with Gasteiger partial charge in [0.1, 0.15) is 11.4 Å². The number of anilines is 1. The Morgan fingerprint density at radius 3 is 2.59 bits per heavy atom. The van der Waals surface area contributed by atoms with Gasteiger partial charge in [0.05, 0.1) is 10.7 Å². The molecule has 0 atom stereocenters. The standard InChI is InChI=1S/C11H13ClFNO2S/c1-11(2,3)16-10(15)17-9-5-8(14)7(13)4-6(9)12/h4-5H,14H2,1-3H3. The van der Waals surface area contributed by atoms with Crippen LogP contribution in [0.15, 0.2) is 17.0 Å². The summed E-state index contributed by atoms with van der Waals surface area (Å²) < 4.78 is 18.1. The highest BCUT2D eigenvalue weighted by molar-refractivity contribution is 8.13. The highest BCUT2D eigenvalue weighted by Crippen LogP contribution is 2.32. The number of ether oxygens (including phenoxy) is 1. The quantitative estimate of drug-likeness (QED) is 0.477. The number of rotatable bonds is 1. The molecule has 94 valence electrons. The highest BCUT2D eigenvalue weighted by Gasteiger charge is 2.19. The molecule has 0 bridgehead atoms. The Labute approximate surface area is 108 Å². The Hall–Kier alpha value is -0.940. The molecular weight excluding hydrogens is 265 g/mol. The lowest BCUT2D eigenvalue weighted by Crippen LogP contribution is -2.21. The number of nitrogens with two attached hydrogens (primary N) is 1. The summed E-state index contributed by atoms with van der Waals surface area (Å²) in [6, 6.07) is 2.38. The average molecular weight is 278 g/mol. The molecule has 1 aromatic rings. The fourth-order valence-electron chi connectivity index (χ4n) is 0.984.